The number of benzene rings is 1. The quantitative estimate of drug-likeness (QED) is 0.791. The number of aromatic nitrogens is 2. The Kier molecular flexibility index (Phi) is 3.19. The minimum atomic E-state index is -0.875. The van der Waals surface area contributed by atoms with Crippen LogP contribution in [0.15, 0.2) is 12.1 Å². The van der Waals surface area contributed by atoms with Crippen molar-refractivity contribution in [3.63, 3.8) is 0 Å². The van der Waals surface area contributed by atoms with Crippen LogP contribution in [0.5, 0.6) is 0 Å². The molecular formula is C13H13ClF2N2O. The second-order valence-corrected chi connectivity index (χ2v) is 4.96. The van der Waals surface area contributed by atoms with E-state index in [2.05, 4.69) is 4.98 Å². The predicted molar refractivity (Wildman–Crippen MR) is 68.3 cm³/mol. The second-order valence-electron chi connectivity index (χ2n) is 4.69. The molecule has 1 aliphatic heterocycles. The molecule has 2 unspecified atom stereocenters. The molecule has 2 aromatic rings. The van der Waals surface area contributed by atoms with Crippen molar-refractivity contribution in [1.82, 2.24) is 9.55 Å². The van der Waals surface area contributed by atoms with Gasteiger partial charge in [-0.15, -0.1) is 11.6 Å². The lowest BCUT2D eigenvalue weighted by molar-refractivity contribution is 0.108. The SMILES string of the molecule is CC1OCCC1n1c(CCl)nc2ccc(F)c(F)c21. The van der Waals surface area contributed by atoms with Crippen LogP contribution in [0.2, 0.25) is 0 Å². The summed E-state index contributed by atoms with van der Waals surface area (Å²) in [6, 6.07) is 2.50. The van der Waals surface area contributed by atoms with Gasteiger partial charge in [0.05, 0.1) is 23.5 Å². The number of alkyl halides is 1. The van der Waals surface area contributed by atoms with Crippen LogP contribution in [0.25, 0.3) is 11.0 Å². The van der Waals surface area contributed by atoms with E-state index in [4.69, 9.17) is 16.3 Å². The van der Waals surface area contributed by atoms with Crippen LogP contribution < -0.4 is 0 Å². The zero-order valence-corrected chi connectivity index (χ0v) is 11.1. The second kappa shape index (κ2) is 4.72. The Morgan fingerprint density at radius 1 is 1.47 bits per heavy atom. The Morgan fingerprint density at radius 3 is 2.89 bits per heavy atom. The van der Waals surface area contributed by atoms with Crippen molar-refractivity contribution in [1.29, 1.82) is 0 Å². The van der Waals surface area contributed by atoms with Gasteiger partial charge in [0.15, 0.2) is 11.6 Å². The summed E-state index contributed by atoms with van der Waals surface area (Å²) in [7, 11) is 0. The molecule has 1 aromatic heterocycles. The molecule has 3 nitrogen and oxygen atoms in total. The minimum Gasteiger partial charge on any atom is -0.376 e. The summed E-state index contributed by atoms with van der Waals surface area (Å²) in [5.74, 6) is -1.05. The lowest BCUT2D eigenvalue weighted by atomic mass is 10.1. The Hall–Kier alpha value is -1.20. The molecule has 2 heterocycles. The van der Waals surface area contributed by atoms with Gasteiger partial charge in [-0.3, -0.25) is 0 Å². The van der Waals surface area contributed by atoms with E-state index in [0.29, 0.717) is 17.9 Å². The van der Waals surface area contributed by atoms with Gasteiger partial charge in [0, 0.05) is 6.61 Å². The topological polar surface area (TPSA) is 27.1 Å². The highest BCUT2D eigenvalue weighted by Gasteiger charge is 2.30. The number of nitrogens with zero attached hydrogens (tertiary/aromatic N) is 2. The van der Waals surface area contributed by atoms with E-state index in [1.54, 1.807) is 4.57 Å². The molecular weight excluding hydrogens is 274 g/mol. The van der Waals surface area contributed by atoms with Crippen LogP contribution in [0.3, 0.4) is 0 Å². The van der Waals surface area contributed by atoms with E-state index in [1.807, 2.05) is 6.92 Å². The molecule has 19 heavy (non-hydrogen) atoms. The fourth-order valence-electron chi connectivity index (χ4n) is 2.68. The maximum atomic E-state index is 14.1. The average molecular weight is 287 g/mol. The fourth-order valence-corrected chi connectivity index (χ4v) is 2.87. The first-order valence-electron chi connectivity index (χ1n) is 6.16. The molecule has 1 aromatic carbocycles. The van der Waals surface area contributed by atoms with Crippen molar-refractivity contribution in [2.45, 2.75) is 31.4 Å². The number of imidazole rings is 1. The highest BCUT2D eigenvalue weighted by Crippen LogP contribution is 2.33. The molecule has 2 atom stereocenters. The predicted octanol–water partition coefficient (Wildman–Crippen LogP) is 3.40. The van der Waals surface area contributed by atoms with Crippen LogP contribution in [0.1, 0.15) is 25.2 Å². The van der Waals surface area contributed by atoms with Crippen molar-refractivity contribution in [3.05, 3.63) is 29.6 Å². The molecule has 0 saturated carbocycles. The van der Waals surface area contributed by atoms with E-state index in [9.17, 15) is 8.78 Å². The van der Waals surface area contributed by atoms with Crippen molar-refractivity contribution < 1.29 is 13.5 Å². The lowest BCUT2D eigenvalue weighted by Crippen LogP contribution is -2.19. The van der Waals surface area contributed by atoms with Crippen molar-refractivity contribution in [2.24, 2.45) is 0 Å². The van der Waals surface area contributed by atoms with E-state index < -0.39 is 11.6 Å². The highest BCUT2D eigenvalue weighted by molar-refractivity contribution is 6.16. The average Bonchev–Trinajstić information content (AvgIpc) is 2.97. The third kappa shape index (κ3) is 1.92. The molecule has 0 aliphatic carbocycles. The molecule has 102 valence electrons. The standard InChI is InChI=1S/C13H13ClF2N2O/c1-7-10(4-5-19-7)18-11(6-14)17-9-3-2-8(15)12(16)13(9)18/h2-3,7,10H,4-6H2,1H3. The van der Waals surface area contributed by atoms with E-state index in [0.717, 1.165) is 12.5 Å². The maximum Gasteiger partial charge on any atom is 0.184 e. The first kappa shape index (κ1) is 12.8. The zero-order valence-electron chi connectivity index (χ0n) is 10.4. The summed E-state index contributed by atoms with van der Waals surface area (Å²) in [5.41, 5.74) is 0.603. The summed E-state index contributed by atoms with van der Waals surface area (Å²) < 4.78 is 34.7. The molecule has 0 amide bonds. The summed E-state index contributed by atoms with van der Waals surface area (Å²) in [4.78, 5) is 4.28. The Bertz CT molecular complexity index is 629. The Labute approximate surface area is 114 Å². The number of rotatable bonds is 2. The van der Waals surface area contributed by atoms with Crippen molar-refractivity contribution in [2.75, 3.05) is 6.61 Å². The van der Waals surface area contributed by atoms with Gasteiger partial charge >= 0.3 is 0 Å². The molecule has 3 rings (SSSR count). The van der Waals surface area contributed by atoms with E-state index in [1.165, 1.54) is 6.07 Å². The van der Waals surface area contributed by atoms with Crippen LogP contribution in [-0.2, 0) is 10.6 Å². The van der Waals surface area contributed by atoms with Crippen LogP contribution in [0, 0.1) is 11.6 Å². The van der Waals surface area contributed by atoms with E-state index >= 15 is 0 Å². The highest BCUT2D eigenvalue weighted by atomic mass is 35.5. The summed E-state index contributed by atoms with van der Waals surface area (Å²) >= 11 is 5.88. The molecule has 0 bridgehead atoms. The zero-order chi connectivity index (χ0) is 13.6. The normalized spacial score (nSPS) is 23.4. The maximum absolute atomic E-state index is 14.1. The first-order valence-corrected chi connectivity index (χ1v) is 6.69. The van der Waals surface area contributed by atoms with Gasteiger partial charge in [-0.25, -0.2) is 13.8 Å². The van der Waals surface area contributed by atoms with E-state index in [-0.39, 0.29) is 23.5 Å². The minimum absolute atomic E-state index is 0.0601. The third-order valence-electron chi connectivity index (χ3n) is 3.60. The first-order chi connectivity index (χ1) is 9.13. The number of ether oxygens (including phenoxy) is 1. The van der Waals surface area contributed by atoms with Crippen molar-refractivity contribution >= 4 is 22.6 Å². The smallest absolute Gasteiger partial charge is 0.184 e. The molecule has 0 radical (unpaired) electrons. The number of hydrogen-bond donors (Lipinski definition) is 0. The number of hydrogen-bond acceptors (Lipinski definition) is 2. The fraction of sp³-hybridized carbons (Fsp3) is 0.462. The largest absolute Gasteiger partial charge is 0.376 e. The molecule has 0 spiro atoms. The lowest BCUT2D eigenvalue weighted by Gasteiger charge is -2.19. The molecule has 1 aliphatic rings. The van der Waals surface area contributed by atoms with Gasteiger partial charge in [0.25, 0.3) is 0 Å². The summed E-state index contributed by atoms with van der Waals surface area (Å²) in [5, 5.41) is 0. The number of fused-ring (bicyclic) bond motifs is 1. The van der Waals surface area contributed by atoms with Gasteiger partial charge in [-0.2, -0.15) is 0 Å². The van der Waals surface area contributed by atoms with Gasteiger partial charge in [-0.05, 0) is 25.5 Å². The third-order valence-corrected chi connectivity index (χ3v) is 3.84. The number of halogens is 3. The molecule has 1 saturated heterocycles. The van der Waals surface area contributed by atoms with Crippen LogP contribution in [-0.4, -0.2) is 22.3 Å². The van der Waals surface area contributed by atoms with Crippen LogP contribution >= 0.6 is 11.6 Å². The van der Waals surface area contributed by atoms with Gasteiger partial charge in [0.2, 0.25) is 0 Å². The van der Waals surface area contributed by atoms with Gasteiger partial charge in [-0.1, -0.05) is 0 Å². The van der Waals surface area contributed by atoms with Gasteiger partial charge < -0.3 is 9.30 Å². The summed E-state index contributed by atoms with van der Waals surface area (Å²) in [6.07, 6.45) is 0.675. The van der Waals surface area contributed by atoms with Gasteiger partial charge in [0.1, 0.15) is 11.3 Å². The molecule has 1 fully saturated rings. The Morgan fingerprint density at radius 2 is 2.26 bits per heavy atom. The molecule has 6 heteroatoms. The summed E-state index contributed by atoms with van der Waals surface area (Å²) in [6.45, 7) is 2.52. The monoisotopic (exact) mass is 286 g/mol. The molecule has 0 N–H and O–H groups in total. The Balaban J connectivity index is 2.28. The van der Waals surface area contributed by atoms with Crippen LogP contribution in [0.4, 0.5) is 8.78 Å². The van der Waals surface area contributed by atoms with Crippen molar-refractivity contribution in [3.8, 4) is 0 Å².